The van der Waals surface area contributed by atoms with Crippen LogP contribution in [0, 0.1) is 11.3 Å². The number of hydrogen-bond acceptors (Lipinski definition) is 4. The maximum Gasteiger partial charge on any atom is 0.269 e. The molecule has 0 bridgehead atoms. The number of anilines is 1. The number of carbonyl (C=O) groups is 2. The van der Waals surface area contributed by atoms with E-state index in [4.69, 9.17) is 5.26 Å². The maximum absolute atomic E-state index is 12.3. The van der Waals surface area contributed by atoms with Crippen LogP contribution in [0.4, 0.5) is 5.69 Å². The maximum atomic E-state index is 12.3. The first kappa shape index (κ1) is 17.4. The van der Waals surface area contributed by atoms with Gasteiger partial charge in [0.2, 0.25) is 0 Å². The standard InChI is InChI=1S/C18H13BrN2O3/c1-11(22)16(10-20)18(24)21-15-8-4-13(5-9-15)17(23)12-2-6-14(19)7-3-12/h2-9,22H,1H3,(H,21,24). The van der Waals surface area contributed by atoms with Crippen LogP contribution >= 0.6 is 15.9 Å². The number of nitrogens with one attached hydrogen (secondary N) is 1. The molecule has 1 amide bonds. The Balaban J connectivity index is 2.15. The van der Waals surface area contributed by atoms with Gasteiger partial charge in [0.15, 0.2) is 11.4 Å². The lowest BCUT2D eigenvalue weighted by Crippen LogP contribution is -2.15. The van der Waals surface area contributed by atoms with Gasteiger partial charge >= 0.3 is 0 Å². The summed E-state index contributed by atoms with van der Waals surface area (Å²) in [5.41, 5.74) is 1.09. The van der Waals surface area contributed by atoms with Crippen molar-refractivity contribution in [2.24, 2.45) is 0 Å². The first-order chi connectivity index (χ1) is 11.4. The van der Waals surface area contributed by atoms with E-state index < -0.39 is 5.91 Å². The summed E-state index contributed by atoms with van der Waals surface area (Å²) in [4.78, 5) is 24.2. The molecule has 0 saturated carbocycles. The van der Waals surface area contributed by atoms with Crippen molar-refractivity contribution in [3.05, 3.63) is 75.5 Å². The van der Waals surface area contributed by atoms with Crippen LogP contribution in [0.15, 0.2) is 64.3 Å². The molecule has 0 radical (unpaired) electrons. The Labute approximate surface area is 147 Å². The zero-order valence-electron chi connectivity index (χ0n) is 12.7. The number of benzene rings is 2. The Morgan fingerprint density at radius 2 is 1.54 bits per heavy atom. The Hall–Kier alpha value is -2.91. The lowest BCUT2D eigenvalue weighted by Gasteiger charge is -2.06. The van der Waals surface area contributed by atoms with Crippen molar-refractivity contribution < 1.29 is 14.7 Å². The normalized spacial score (nSPS) is 11.2. The average molecular weight is 385 g/mol. The van der Waals surface area contributed by atoms with Crippen molar-refractivity contribution >= 4 is 33.3 Å². The molecule has 24 heavy (non-hydrogen) atoms. The zero-order valence-corrected chi connectivity index (χ0v) is 14.3. The fourth-order valence-corrected chi connectivity index (χ4v) is 2.23. The Morgan fingerprint density at radius 1 is 1.04 bits per heavy atom. The van der Waals surface area contributed by atoms with Crippen LogP contribution in [0.1, 0.15) is 22.8 Å². The molecule has 0 spiro atoms. The highest BCUT2D eigenvalue weighted by Gasteiger charge is 2.13. The van der Waals surface area contributed by atoms with Gasteiger partial charge in [-0.05, 0) is 55.5 Å². The molecule has 6 heteroatoms. The summed E-state index contributed by atoms with van der Waals surface area (Å²) in [6.45, 7) is 1.26. The van der Waals surface area contributed by atoms with Crippen molar-refractivity contribution in [3.8, 4) is 6.07 Å². The molecule has 120 valence electrons. The zero-order chi connectivity index (χ0) is 17.7. The molecule has 0 fully saturated rings. The largest absolute Gasteiger partial charge is 0.511 e. The van der Waals surface area contributed by atoms with Gasteiger partial charge in [0, 0.05) is 21.3 Å². The van der Waals surface area contributed by atoms with Crippen LogP contribution in [0.5, 0.6) is 0 Å². The van der Waals surface area contributed by atoms with E-state index in [2.05, 4.69) is 21.2 Å². The number of nitriles is 1. The van der Waals surface area contributed by atoms with E-state index >= 15 is 0 Å². The van der Waals surface area contributed by atoms with Gasteiger partial charge < -0.3 is 10.4 Å². The van der Waals surface area contributed by atoms with Crippen molar-refractivity contribution in [3.63, 3.8) is 0 Å². The van der Waals surface area contributed by atoms with Gasteiger partial charge in [-0.1, -0.05) is 15.9 Å². The number of aliphatic hydroxyl groups excluding tert-OH is 1. The number of nitrogens with zero attached hydrogens (tertiary/aromatic N) is 1. The fourth-order valence-electron chi connectivity index (χ4n) is 1.96. The van der Waals surface area contributed by atoms with Crippen molar-refractivity contribution in [1.82, 2.24) is 0 Å². The summed E-state index contributed by atoms with van der Waals surface area (Å²) < 4.78 is 0.887. The number of hydrogen-bond donors (Lipinski definition) is 2. The molecule has 0 aliphatic carbocycles. The van der Waals surface area contributed by atoms with Gasteiger partial charge in [0.25, 0.3) is 5.91 Å². The SMILES string of the molecule is CC(O)=C(C#N)C(=O)Nc1ccc(C(=O)c2ccc(Br)cc2)cc1. The highest BCUT2D eigenvalue weighted by atomic mass is 79.9. The van der Waals surface area contributed by atoms with E-state index in [0.717, 1.165) is 4.47 Å². The van der Waals surface area contributed by atoms with Gasteiger partial charge in [0.05, 0.1) is 0 Å². The summed E-state index contributed by atoms with van der Waals surface area (Å²) in [5.74, 6) is -1.19. The molecule has 2 aromatic carbocycles. The third-order valence-electron chi connectivity index (χ3n) is 3.21. The Kier molecular flexibility index (Phi) is 5.51. The fraction of sp³-hybridized carbons (Fsp3) is 0.0556. The molecular formula is C18H13BrN2O3. The summed E-state index contributed by atoms with van der Waals surface area (Å²) in [5, 5.41) is 20.6. The molecule has 2 aromatic rings. The van der Waals surface area contributed by atoms with Crippen LogP contribution in [-0.4, -0.2) is 16.8 Å². The van der Waals surface area contributed by atoms with Gasteiger partial charge in [-0.3, -0.25) is 9.59 Å². The van der Waals surface area contributed by atoms with Crippen molar-refractivity contribution in [2.75, 3.05) is 5.32 Å². The molecule has 0 aromatic heterocycles. The smallest absolute Gasteiger partial charge is 0.269 e. The molecule has 0 aliphatic heterocycles. The predicted octanol–water partition coefficient (Wildman–Crippen LogP) is 3.97. The Morgan fingerprint density at radius 3 is 2.00 bits per heavy atom. The lowest BCUT2D eigenvalue weighted by atomic mass is 10.0. The van der Waals surface area contributed by atoms with E-state index in [9.17, 15) is 14.7 Å². The van der Waals surface area contributed by atoms with E-state index in [1.165, 1.54) is 6.92 Å². The van der Waals surface area contributed by atoms with Crippen LogP contribution in [0.2, 0.25) is 0 Å². The molecule has 2 rings (SSSR count). The molecule has 2 N–H and O–H groups in total. The third-order valence-corrected chi connectivity index (χ3v) is 3.74. The first-order valence-electron chi connectivity index (χ1n) is 6.94. The van der Waals surface area contributed by atoms with E-state index in [1.807, 2.05) is 0 Å². The van der Waals surface area contributed by atoms with Gasteiger partial charge in [-0.2, -0.15) is 5.26 Å². The van der Waals surface area contributed by atoms with Gasteiger partial charge in [0.1, 0.15) is 11.8 Å². The molecule has 5 nitrogen and oxygen atoms in total. The van der Waals surface area contributed by atoms with E-state index in [-0.39, 0.29) is 17.1 Å². The monoisotopic (exact) mass is 384 g/mol. The van der Waals surface area contributed by atoms with E-state index in [1.54, 1.807) is 54.6 Å². The predicted molar refractivity (Wildman–Crippen MR) is 93.6 cm³/mol. The lowest BCUT2D eigenvalue weighted by molar-refractivity contribution is -0.112. The van der Waals surface area contributed by atoms with Crippen LogP contribution < -0.4 is 5.32 Å². The summed E-state index contributed by atoms with van der Waals surface area (Å²) >= 11 is 3.31. The van der Waals surface area contributed by atoms with Crippen molar-refractivity contribution in [2.45, 2.75) is 6.92 Å². The second kappa shape index (κ2) is 7.57. The summed E-state index contributed by atoms with van der Waals surface area (Å²) in [6, 6.07) is 14.9. The van der Waals surface area contributed by atoms with Gasteiger partial charge in [-0.15, -0.1) is 0 Å². The number of ketones is 1. The summed E-state index contributed by atoms with van der Waals surface area (Å²) in [6.07, 6.45) is 0. The highest BCUT2D eigenvalue weighted by molar-refractivity contribution is 9.10. The number of allylic oxidation sites excluding steroid dienone is 1. The first-order valence-corrected chi connectivity index (χ1v) is 7.73. The number of amides is 1. The second-order valence-electron chi connectivity index (χ2n) is 4.94. The summed E-state index contributed by atoms with van der Waals surface area (Å²) in [7, 11) is 0. The quantitative estimate of drug-likeness (QED) is 0.361. The van der Waals surface area contributed by atoms with Crippen LogP contribution in [-0.2, 0) is 4.79 Å². The molecule has 0 atom stereocenters. The van der Waals surface area contributed by atoms with Crippen LogP contribution in [0.25, 0.3) is 0 Å². The molecule has 0 unspecified atom stereocenters. The topological polar surface area (TPSA) is 90.2 Å². The minimum Gasteiger partial charge on any atom is -0.511 e. The number of rotatable bonds is 4. The Bertz CT molecular complexity index is 843. The second-order valence-corrected chi connectivity index (χ2v) is 5.86. The number of aliphatic hydroxyl groups is 1. The molecule has 0 heterocycles. The third kappa shape index (κ3) is 4.09. The van der Waals surface area contributed by atoms with Crippen molar-refractivity contribution in [1.29, 1.82) is 5.26 Å². The molecule has 0 saturated heterocycles. The number of carbonyl (C=O) groups excluding carboxylic acids is 2. The van der Waals surface area contributed by atoms with Gasteiger partial charge in [-0.25, -0.2) is 0 Å². The van der Waals surface area contributed by atoms with E-state index in [0.29, 0.717) is 16.8 Å². The highest BCUT2D eigenvalue weighted by Crippen LogP contribution is 2.17. The molecular weight excluding hydrogens is 372 g/mol. The van der Waals surface area contributed by atoms with Crippen LogP contribution in [0.3, 0.4) is 0 Å². The minimum atomic E-state index is -0.704. The minimum absolute atomic E-state index is 0.135. The molecule has 0 aliphatic rings. The number of halogens is 1. The average Bonchev–Trinajstić information content (AvgIpc) is 2.56.